The number of anilines is 5. The number of carbonyl (C=O) groups is 1. The van der Waals surface area contributed by atoms with Crippen LogP contribution < -0.4 is 26.6 Å². The van der Waals surface area contributed by atoms with Crippen LogP contribution in [0.25, 0.3) is 11.2 Å². The van der Waals surface area contributed by atoms with Crippen LogP contribution in [-0.4, -0.2) is 51.6 Å². The van der Waals surface area contributed by atoms with Gasteiger partial charge in [-0.05, 0) is 69.2 Å². The van der Waals surface area contributed by atoms with Crippen molar-refractivity contribution in [1.29, 1.82) is 0 Å². The van der Waals surface area contributed by atoms with Crippen molar-refractivity contribution in [3.05, 3.63) is 48.8 Å². The van der Waals surface area contributed by atoms with Crippen LogP contribution in [0, 0.1) is 0 Å². The smallest absolute Gasteiger partial charge is 0.231 e. The van der Waals surface area contributed by atoms with Crippen LogP contribution in [0.3, 0.4) is 0 Å². The summed E-state index contributed by atoms with van der Waals surface area (Å²) in [6.45, 7) is 8.75. The molecule has 12 heteroatoms. The van der Waals surface area contributed by atoms with E-state index in [1.807, 2.05) is 16.7 Å². The molecule has 1 aliphatic rings. The molecule has 2 aromatic heterocycles. The number of fused-ring (bicyclic) bond motifs is 1. The van der Waals surface area contributed by atoms with Crippen LogP contribution >= 0.6 is 0 Å². The highest BCUT2D eigenvalue weighted by Gasteiger charge is 2.16. The van der Waals surface area contributed by atoms with Gasteiger partial charge in [-0.1, -0.05) is 0 Å². The molecule has 1 aliphatic heterocycles. The molecule has 4 aromatic rings. The van der Waals surface area contributed by atoms with Gasteiger partial charge in [0.1, 0.15) is 0 Å². The molecule has 0 radical (unpaired) electrons. The zero-order valence-corrected chi connectivity index (χ0v) is 23.1. The van der Waals surface area contributed by atoms with Gasteiger partial charge in [0.15, 0.2) is 17.0 Å². The molecule has 3 heterocycles. The zero-order chi connectivity index (χ0) is 28.1. The van der Waals surface area contributed by atoms with Crippen LogP contribution in [0.4, 0.5) is 40.2 Å². The maximum Gasteiger partial charge on any atom is 0.231 e. The van der Waals surface area contributed by atoms with E-state index >= 15 is 0 Å². The SMILES string of the molecule is CC(=O)Nc1ccc(N=Nc2ccc(N3CCCC3)cc2)cc1Nc1nc(NCCN)c2ncn(C(C)C)c2n1. The lowest BCUT2D eigenvalue weighted by Crippen LogP contribution is -2.17. The second kappa shape index (κ2) is 12.1. The standard InChI is InChI=1S/C28H35N11O/c1-18(2)39-17-31-25-26(30-13-12-29)34-28(35-27(25)39)33-24-16-21(8-11-23(24)32-19(3)40)37-36-20-6-9-22(10-7-20)38-14-4-5-15-38/h6-11,16-18H,4-5,12-15,29H2,1-3H3,(H,32,40)(H2,30,33,34,35). The fourth-order valence-electron chi connectivity index (χ4n) is 4.60. The van der Waals surface area contributed by atoms with Gasteiger partial charge in [0, 0.05) is 44.8 Å². The molecule has 1 saturated heterocycles. The Kier molecular flexibility index (Phi) is 8.15. The highest BCUT2D eigenvalue weighted by molar-refractivity contribution is 5.94. The largest absolute Gasteiger partial charge is 0.372 e. The van der Waals surface area contributed by atoms with Crippen molar-refractivity contribution in [2.24, 2.45) is 16.0 Å². The molecule has 5 N–H and O–H groups in total. The summed E-state index contributed by atoms with van der Waals surface area (Å²) >= 11 is 0. The summed E-state index contributed by atoms with van der Waals surface area (Å²) in [5.74, 6) is 0.717. The summed E-state index contributed by atoms with van der Waals surface area (Å²) in [6, 6.07) is 13.6. The average molecular weight is 542 g/mol. The van der Waals surface area contributed by atoms with Crippen LogP contribution in [0.2, 0.25) is 0 Å². The van der Waals surface area contributed by atoms with Gasteiger partial charge in [0.2, 0.25) is 11.9 Å². The first kappa shape index (κ1) is 27.0. The molecule has 0 unspecified atom stereocenters. The van der Waals surface area contributed by atoms with Gasteiger partial charge in [-0.3, -0.25) is 4.79 Å². The van der Waals surface area contributed by atoms with E-state index in [-0.39, 0.29) is 11.9 Å². The van der Waals surface area contributed by atoms with Crippen molar-refractivity contribution in [3.8, 4) is 0 Å². The Morgan fingerprint density at radius 1 is 1.02 bits per heavy atom. The van der Waals surface area contributed by atoms with Crippen LogP contribution in [-0.2, 0) is 4.79 Å². The van der Waals surface area contributed by atoms with Crippen molar-refractivity contribution in [2.75, 3.05) is 47.0 Å². The fraction of sp³-hybridized carbons (Fsp3) is 0.357. The fourth-order valence-corrected chi connectivity index (χ4v) is 4.60. The second-order valence-electron chi connectivity index (χ2n) is 9.98. The molecule has 1 amide bonds. The van der Waals surface area contributed by atoms with Crippen molar-refractivity contribution in [3.63, 3.8) is 0 Å². The summed E-state index contributed by atoms with van der Waals surface area (Å²) in [6.07, 6.45) is 4.22. The van der Waals surface area contributed by atoms with Crippen molar-refractivity contribution < 1.29 is 4.79 Å². The molecule has 5 rings (SSSR count). The number of nitrogens with two attached hydrogens (primary N) is 1. The summed E-state index contributed by atoms with van der Waals surface area (Å²) in [5.41, 5.74) is 10.8. The minimum Gasteiger partial charge on any atom is -0.372 e. The Bertz CT molecular complexity index is 1500. The van der Waals surface area contributed by atoms with E-state index < -0.39 is 0 Å². The molecule has 0 atom stereocenters. The van der Waals surface area contributed by atoms with Crippen LogP contribution in [0.15, 0.2) is 59.0 Å². The number of nitrogens with zero attached hydrogens (tertiary/aromatic N) is 7. The number of benzene rings is 2. The monoisotopic (exact) mass is 541 g/mol. The first-order valence-electron chi connectivity index (χ1n) is 13.5. The number of carbonyl (C=O) groups excluding carboxylic acids is 1. The van der Waals surface area contributed by atoms with Crippen molar-refractivity contribution in [2.45, 2.75) is 39.7 Å². The van der Waals surface area contributed by atoms with Gasteiger partial charge in [-0.2, -0.15) is 20.2 Å². The highest BCUT2D eigenvalue weighted by Crippen LogP contribution is 2.32. The highest BCUT2D eigenvalue weighted by atomic mass is 16.1. The van der Waals surface area contributed by atoms with Gasteiger partial charge >= 0.3 is 0 Å². The molecule has 0 bridgehead atoms. The van der Waals surface area contributed by atoms with Crippen molar-refractivity contribution >= 4 is 57.3 Å². The van der Waals surface area contributed by atoms with Gasteiger partial charge in [-0.15, -0.1) is 0 Å². The lowest BCUT2D eigenvalue weighted by atomic mass is 10.2. The normalized spacial score (nSPS) is 13.5. The number of azo groups is 1. The predicted octanol–water partition coefficient (Wildman–Crippen LogP) is 5.50. The number of rotatable bonds is 10. The molecule has 208 valence electrons. The van der Waals surface area contributed by atoms with E-state index in [4.69, 9.17) is 10.7 Å². The third-order valence-corrected chi connectivity index (χ3v) is 6.58. The second-order valence-corrected chi connectivity index (χ2v) is 9.98. The number of aromatic nitrogens is 4. The minimum atomic E-state index is -0.199. The van der Waals surface area contributed by atoms with E-state index in [1.165, 1.54) is 25.5 Å². The maximum atomic E-state index is 11.9. The molecule has 2 aromatic carbocycles. The lowest BCUT2D eigenvalue weighted by molar-refractivity contribution is -0.114. The maximum absolute atomic E-state index is 11.9. The molecule has 12 nitrogen and oxygen atoms in total. The minimum absolute atomic E-state index is 0.151. The summed E-state index contributed by atoms with van der Waals surface area (Å²) < 4.78 is 1.98. The first-order chi connectivity index (χ1) is 19.4. The molecule has 0 spiro atoms. The number of nitrogens with one attached hydrogen (secondary N) is 3. The summed E-state index contributed by atoms with van der Waals surface area (Å²) in [5, 5.41) is 18.2. The molecular formula is C28H35N11O. The Morgan fingerprint density at radius 3 is 2.45 bits per heavy atom. The average Bonchev–Trinajstić information content (AvgIpc) is 3.63. The number of hydrogen-bond donors (Lipinski definition) is 4. The lowest BCUT2D eigenvalue weighted by Gasteiger charge is -2.17. The molecule has 0 saturated carbocycles. The number of amides is 1. The Morgan fingerprint density at radius 2 is 1.75 bits per heavy atom. The van der Waals surface area contributed by atoms with Crippen molar-refractivity contribution in [1.82, 2.24) is 19.5 Å². The Hall–Kier alpha value is -4.58. The summed E-state index contributed by atoms with van der Waals surface area (Å²) in [7, 11) is 0. The van der Waals surface area contributed by atoms with Gasteiger partial charge in [0.25, 0.3) is 0 Å². The van der Waals surface area contributed by atoms with Gasteiger partial charge < -0.3 is 31.2 Å². The summed E-state index contributed by atoms with van der Waals surface area (Å²) in [4.78, 5) is 28.2. The Balaban J connectivity index is 1.44. The van der Waals surface area contributed by atoms with E-state index in [2.05, 4.69) is 67.0 Å². The first-order valence-corrected chi connectivity index (χ1v) is 13.5. The van der Waals surface area contributed by atoms with Crippen LogP contribution in [0.1, 0.15) is 39.7 Å². The molecular weight excluding hydrogens is 506 g/mol. The van der Waals surface area contributed by atoms with E-state index in [0.29, 0.717) is 53.1 Å². The van der Waals surface area contributed by atoms with E-state index in [9.17, 15) is 4.79 Å². The van der Waals surface area contributed by atoms with E-state index in [0.717, 1.165) is 18.8 Å². The molecule has 40 heavy (non-hydrogen) atoms. The van der Waals surface area contributed by atoms with Gasteiger partial charge in [-0.25, -0.2) is 4.98 Å². The third-order valence-electron chi connectivity index (χ3n) is 6.58. The quantitative estimate of drug-likeness (QED) is 0.192. The third kappa shape index (κ3) is 6.18. The zero-order valence-electron chi connectivity index (χ0n) is 23.1. The molecule has 1 fully saturated rings. The Labute approximate surface area is 233 Å². The van der Waals surface area contributed by atoms with Crippen LogP contribution in [0.5, 0.6) is 0 Å². The van der Waals surface area contributed by atoms with Gasteiger partial charge in [0.05, 0.1) is 29.1 Å². The number of hydrogen-bond acceptors (Lipinski definition) is 10. The topological polar surface area (TPSA) is 151 Å². The van der Waals surface area contributed by atoms with E-state index in [1.54, 1.807) is 24.5 Å². The molecule has 0 aliphatic carbocycles. The predicted molar refractivity (Wildman–Crippen MR) is 159 cm³/mol. The number of imidazole rings is 1.